The molecular weight excluding hydrogens is 597 g/mol. The van der Waals surface area contributed by atoms with E-state index in [0.29, 0.717) is 0 Å². The molecule has 0 radical (unpaired) electrons. The van der Waals surface area contributed by atoms with Crippen LogP contribution in [0.3, 0.4) is 0 Å². The van der Waals surface area contributed by atoms with E-state index in [9.17, 15) is 0 Å². The van der Waals surface area contributed by atoms with Crippen molar-refractivity contribution in [2.45, 2.75) is 33.6 Å². The van der Waals surface area contributed by atoms with Crippen LogP contribution in [-0.4, -0.2) is 35.2 Å². The van der Waals surface area contributed by atoms with Gasteiger partial charge in [0.1, 0.15) is 17.6 Å². The quantitative estimate of drug-likeness (QED) is 0.131. The van der Waals surface area contributed by atoms with Gasteiger partial charge < -0.3 is 10.1 Å². The van der Waals surface area contributed by atoms with Crippen LogP contribution >= 0.6 is 22.7 Å². The highest BCUT2D eigenvalue weighted by Gasteiger charge is 2.24. The number of benzene rings is 2. The van der Waals surface area contributed by atoms with Crippen LogP contribution in [-0.2, 0) is 0 Å². The number of rotatable bonds is 12. The van der Waals surface area contributed by atoms with E-state index in [0.717, 1.165) is 91.0 Å². The third-order valence-corrected chi connectivity index (χ3v) is 9.55. The van der Waals surface area contributed by atoms with Gasteiger partial charge in [-0.3, -0.25) is 15.3 Å². The molecule has 0 bridgehead atoms. The predicted octanol–water partition coefficient (Wildman–Crippen LogP) is 8.90. The molecule has 0 aliphatic rings. The van der Waals surface area contributed by atoms with Gasteiger partial charge >= 0.3 is 5.13 Å². The third kappa shape index (κ3) is 6.45. The van der Waals surface area contributed by atoms with Crippen LogP contribution in [0.15, 0.2) is 91.5 Å². The molecule has 0 atom stereocenters. The molecule has 0 unspecified atom stereocenters. The first kappa shape index (κ1) is 30.4. The molecule has 6 aromatic rings. The van der Waals surface area contributed by atoms with E-state index in [1.165, 1.54) is 5.56 Å². The summed E-state index contributed by atoms with van der Waals surface area (Å²) >= 11 is 3.39. The number of hydrogen-bond donors (Lipinski definition) is 2. The maximum atomic E-state index is 5.71. The zero-order valence-electron chi connectivity index (χ0n) is 26.0. The molecule has 45 heavy (non-hydrogen) atoms. The van der Waals surface area contributed by atoms with Crippen molar-refractivity contribution in [2.75, 3.05) is 30.8 Å². The number of nitrogens with zero attached hydrogens (tertiary/aromatic N) is 4. The zero-order chi connectivity index (χ0) is 31.2. The Bertz CT molecular complexity index is 1910. The van der Waals surface area contributed by atoms with Crippen LogP contribution < -0.4 is 19.9 Å². The average molecular weight is 634 g/mol. The topological polar surface area (TPSA) is 75.8 Å². The van der Waals surface area contributed by atoms with E-state index < -0.39 is 0 Å². The summed E-state index contributed by atoms with van der Waals surface area (Å²) in [6.07, 6.45) is 9.94. The van der Waals surface area contributed by atoms with Gasteiger partial charge in [-0.2, -0.15) is 4.57 Å². The first-order valence-electron chi connectivity index (χ1n) is 15.3. The summed E-state index contributed by atoms with van der Waals surface area (Å²) < 4.78 is 7.98. The number of nitrogens with one attached hydrogen (secondary N) is 2. The fourth-order valence-corrected chi connectivity index (χ4v) is 7.17. The summed E-state index contributed by atoms with van der Waals surface area (Å²) in [4.78, 5) is 16.5. The van der Waals surface area contributed by atoms with E-state index >= 15 is 0 Å². The Morgan fingerprint density at radius 1 is 0.756 bits per heavy atom. The average Bonchev–Trinajstić information content (AvgIpc) is 3.74. The molecule has 4 heterocycles. The van der Waals surface area contributed by atoms with Crippen molar-refractivity contribution in [1.29, 1.82) is 0 Å². The number of aryl methyl sites for hydroxylation is 1. The van der Waals surface area contributed by atoms with Crippen LogP contribution in [0.25, 0.3) is 49.1 Å². The number of anilines is 2. The fourth-order valence-electron chi connectivity index (χ4n) is 5.23. The minimum atomic E-state index is 0.801. The van der Waals surface area contributed by atoms with Gasteiger partial charge in [0, 0.05) is 47.4 Å². The standard InChI is InChI=1S/C36H36N6OS2/c1-5-17-39-35-41-22-31(44-35)27-12-9-19-37-33(27)25-16-15-24(3)29(21-25)42-23-32(45-36(42)40-18-6-2)28-13-10-20-38-34(28)26-11-7-8-14-30(26)43-4/h7-16,19-23H,5-6,17-18H2,1-4H3,(H,39,41)/p+1. The van der Waals surface area contributed by atoms with Gasteiger partial charge in [0.15, 0.2) is 5.13 Å². The Morgan fingerprint density at radius 2 is 1.47 bits per heavy atom. The second kappa shape index (κ2) is 14.0. The summed E-state index contributed by atoms with van der Waals surface area (Å²) in [6.45, 7) is 8.27. The molecule has 7 nitrogen and oxygen atoms in total. The number of methoxy groups -OCH3 is 1. The first-order chi connectivity index (χ1) is 22.1. The SMILES string of the molecule is CCCNc1ncc(-c2cccnc2-c2ccc(C)c(-[n+]3cc(-c4cccnc4-c4ccccc4OC)sc3NCCC)c2)s1. The Balaban J connectivity index is 1.45. The van der Waals surface area contributed by atoms with Gasteiger partial charge in [-0.05, 0) is 79.1 Å². The number of aromatic nitrogens is 4. The monoisotopic (exact) mass is 633 g/mol. The minimum Gasteiger partial charge on any atom is -0.496 e. The fraction of sp³-hybridized carbons (Fsp3) is 0.222. The molecule has 0 aliphatic heterocycles. The highest BCUT2D eigenvalue weighted by Crippen LogP contribution is 2.40. The van der Waals surface area contributed by atoms with Gasteiger partial charge in [-0.15, -0.1) is 0 Å². The Morgan fingerprint density at radius 3 is 2.24 bits per heavy atom. The van der Waals surface area contributed by atoms with Crippen molar-refractivity contribution in [3.63, 3.8) is 0 Å². The molecule has 9 heteroatoms. The van der Waals surface area contributed by atoms with Crippen molar-refractivity contribution < 1.29 is 9.30 Å². The van der Waals surface area contributed by atoms with Crippen molar-refractivity contribution >= 4 is 32.9 Å². The summed E-state index contributed by atoms with van der Waals surface area (Å²) in [5.74, 6) is 0.801. The predicted molar refractivity (Wildman–Crippen MR) is 188 cm³/mol. The highest BCUT2D eigenvalue weighted by atomic mass is 32.1. The lowest BCUT2D eigenvalue weighted by Crippen LogP contribution is -2.32. The van der Waals surface area contributed by atoms with Crippen LogP contribution in [0.1, 0.15) is 32.3 Å². The maximum Gasteiger partial charge on any atom is 0.339 e. The summed E-state index contributed by atoms with van der Waals surface area (Å²) in [5, 5.41) is 9.09. The van der Waals surface area contributed by atoms with E-state index in [1.807, 2.05) is 48.9 Å². The van der Waals surface area contributed by atoms with Crippen molar-refractivity contribution in [1.82, 2.24) is 15.0 Å². The molecule has 4 aromatic heterocycles. The van der Waals surface area contributed by atoms with Crippen LogP contribution in [0, 0.1) is 6.92 Å². The second-order valence-corrected chi connectivity index (χ2v) is 12.7. The second-order valence-electron chi connectivity index (χ2n) is 10.7. The van der Waals surface area contributed by atoms with Crippen LogP contribution in [0.4, 0.5) is 10.3 Å². The van der Waals surface area contributed by atoms with Gasteiger partial charge in [0.25, 0.3) is 0 Å². The Hall–Kier alpha value is -4.60. The lowest BCUT2D eigenvalue weighted by molar-refractivity contribution is -0.575. The number of pyridine rings is 2. The number of para-hydroxylation sites is 1. The molecule has 228 valence electrons. The minimum absolute atomic E-state index is 0.801. The lowest BCUT2D eigenvalue weighted by atomic mass is 10.0. The summed E-state index contributed by atoms with van der Waals surface area (Å²) in [6, 6.07) is 22.9. The van der Waals surface area contributed by atoms with E-state index in [1.54, 1.807) is 29.8 Å². The summed E-state index contributed by atoms with van der Waals surface area (Å²) in [5.41, 5.74) is 8.26. The number of ether oxygens (including phenoxy) is 1. The van der Waals surface area contributed by atoms with E-state index in [-0.39, 0.29) is 0 Å². The van der Waals surface area contributed by atoms with Crippen molar-refractivity contribution in [3.05, 3.63) is 97.1 Å². The highest BCUT2D eigenvalue weighted by molar-refractivity contribution is 7.19. The van der Waals surface area contributed by atoms with Crippen LogP contribution in [0.2, 0.25) is 0 Å². The Labute approximate surface area is 272 Å². The van der Waals surface area contributed by atoms with E-state index in [4.69, 9.17) is 14.7 Å². The molecule has 2 aromatic carbocycles. The first-order valence-corrected chi connectivity index (χ1v) is 16.9. The van der Waals surface area contributed by atoms with Gasteiger partial charge in [0.2, 0.25) is 0 Å². The molecule has 0 fully saturated rings. The molecular formula is C36H37N6OS2+. The molecule has 0 saturated carbocycles. The van der Waals surface area contributed by atoms with Crippen LogP contribution in [0.5, 0.6) is 5.75 Å². The molecule has 0 spiro atoms. The largest absolute Gasteiger partial charge is 0.496 e. The lowest BCUT2D eigenvalue weighted by Gasteiger charge is -2.11. The van der Waals surface area contributed by atoms with Crippen molar-refractivity contribution in [3.8, 4) is 54.8 Å². The molecule has 2 N–H and O–H groups in total. The Kier molecular flexibility index (Phi) is 9.47. The van der Waals surface area contributed by atoms with Gasteiger partial charge in [-0.25, -0.2) is 4.98 Å². The normalized spacial score (nSPS) is 11.0. The molecule has 0 saturated heterocycles. The van der Waals surface area contributed by atoms with Gasteiger partial charge in [0.05, 0.1) is 34.8 Å². The third-order valence-electron chi connectivity index (χ3n) is 7.48. The smallest absolute Gasteiger partial charge is 0.339 e. The number of hydrogen-bond acceptors (Lipinski definition) is 8. The molecule has 0 aliphatic carbocycles. The molecule has 6 rings (SSSR count). The number of thiazole rings is 2. The maximum absolute atomic E-state index is 5.71. The molecule has 0 amide bonds. The zero-order valence-corrected chi connectivity index (χ0v) is 27.6. The summed E-state index contributed by atoms with van der Waals surface area (Å²) in [7, 11) is 1.70. The van der Waals surface area contributed by atoms with Crippen molar-refractivity contribution in [2.24, 2.45) is 0 Å². The van der Waals surface area contributed by atoms with Gasteiger partial charge in [-0.1, -0.05) is 49.4 Å². The van der Waals surface area contributed by atoms with E-state index in [2.05, 4.69) is 83.6 Å².